The maximum absolute atomic E-state index is 13.3. The molecule has 68 heavy (non-hydrogen) atoms. The number of hydrogen-bond donors (Lipinski definition) is 3. The number of amides is 1. The summed E-state index contributed by atoms with van der Waals surface area (Å²) in [7, 11) is 0. The van der Waals surface area contributed by atoms with Gasteiger partial charge in [0.1, 0.15) is 6.10 Å². The zero-order valence-corrected chi connectivity index (χ0v) is 45.0. The lowest BCUT2D eigenvalue weighted by Gasteiger charge is -2.24. The summed E-state index contributed by atoms with van der Waals surface area (Å²) >= 11 is 0. The van der Waals surface area contributed by atoms with Crippen LogP contribution < -0.4 is 5.32 Å². The predicted molar refractivity (Wildman–Crippen MR) is 296 cm³/mol. The van der Waals surface area contributed by atoms with Gasteiger partial charge in [-0.05, 0) is 64.2 Å². The fraction of sp³-hybridized carbons (Fsp3) is 0.774. The molecule has 1 amide bonds. The molecule has 0 spiro atoms. The van der Waals surface area contributed by atoms with Gasteiger partial charge in [-0.25, -0.2) is 0 Å². The van der Waals surface area contributed by atoms with Gasteiger partial charge in [0.15, 0.2) is 0 Å². The normalized spacial score (nSPS) is 13.7. The molecule has 0 radical (unpaired) electrons. The van der Waals surface area contributed by atoms with Gasteiger partial charge in [0.05, 0.1) is 25.2 Å². The van der Waals surface area contributed by atoms with E-state index in [9.17, 15) is 19.8 Å². The number of carbonyl (C=O) groups excluding carboxylic acids is 2. The number of allylic oxidation sites excluding steroid dienone is 12. The van der Waals surface area contributed by atoms with Crippen molar-refractivity contribution < 1.29 is 24.5 Å². The first-order valence-corrected chi connectivity index (χ1v) is 29.2. The van der Waals surface area contributed by atoms with Crippen LogP contribution in [0.2, 0.25) is 0 Å². The Morgan fingerprint density at radius 1 is 0.441 bits per heavy atom. The molecule has 0 bridgehead atoms. The van der Waals surface area contributed by atoms with Gasteiger partial charge in [0, 0.05) is 6.42 Å². The summed E-state index contributed by atoms with van der Waals surface area (Å²) in [6, 6.07) is -0.718. The van der Waals surface area contributed by atoms with E-state index in [-0.39, 0.29) is 31.3 Å². The van der Waals surface area contributed by atoms with Crippen molar-refractivity contribution in [2.24, 2.45) is 0 Å². The van der Waals surface area contributed by atoms with Crippen molar-refractivity contribution in [2.75, 3.05) is 6.61 Å². The van der Waals surface area contributed by atoms with Crippen LogP contribution >= 0.6 is 0 Å². The van der Waals surface area contributed by atoms with Crippen molar-refractivity contribution in [1.29, 1.82) is 0 Å². The smallest absolute Gasteiger partial charge is 0.306 e. The molecule has 394 valence electrons. The van der Waals surface area contributed by atoms with E-state index in [0.717, 1.165) is 77.0 Å². The molecule has 0 aliphatic rings. The van der Waals surface area contributed by atoms with Crippen LogP contribution in [0.4, 0.5) is 0 Å². The van der Waals surface area contributed by atoms with Crippen LogP contribution in [0.25, 0.3) is 0 Å². The van der Waals surface area contributed by atoms with Gasteiger partial charge in [-0.2, -0.15) is 0 Å². The highest BCUT2D eigenvalue weighted by Crippen LogP contribution is 2.18. The van der Waals surface area contributed by atoms with Gasteiger partial charge in [-0.15, -0.1) is 0 Å². The minimum Gasteiger partial charge on any atom is -0.462 e. The monoisotopic (exact) mass is 950 g/mol. The highest BCUT2D eigenvalue weighted by atomic mass is 16.5. The Hall–Kier alpha value is -2.70. The number of aliphatic hydroxyl groups excluding tert-OH is 2. The van der Waals surface area contributed by atoms with E-state index in [1.165, 1.54) is 154 Å². The number of esters is 1. The number of aliphatic hydroxyl groups is 2. The number of hydrogen-bond acceptors (Lipinski definition) is 5. The average molecular weight is 951 g/mol. The molecule has 0 aromatic heterocycles. The third-order valence-electron chi connectivity index (χ3n) is 13.1. The molecule has 0 saturated heterocycles. The zero-order valence-electron chi connectivity index (χ0n) is 45.0. The summed E-state index contributed by atoms with van der Waals surface area (Å²) in [5, 5.41) is 23.9. The van der Waals surface area contributed by atoms with E-state index in [4.69, 9.17) is 4.74 Å². The first-order chi connectivity index (χ1) is 33.5. The third-order valence-corrected chi connectivity index (χ3v) is 13.1. The van der Waals surface area contributed by atoms with Crippen molar-refractivity contribution in [3.05, 3.63) is 72.9 Å². The molecule has 3 unspecified atom stereocenters. The van der Waals surface area contributed by atoms with Gasteiger partial charge in [0.25, 0.3) is 0 Å². The standard InChI is InChI=1S/C62H111NO5/c1-4-7-10-13-16-19-22-25-27-29-30-32-34-37-40-43-46-49-52-55-62(67)68-58(53-50-47-44-41-38-36-33-31-28-26-23-20-17-14-11-8-5-2)56-61(66)63-59(57-64)60(65)54-51-48-45-42-39-35-24-21-18-15-12-9-6-3/h7,10,16,19,25,27,30,32,37,40,46,49,58-60,64-65H,4-6,8-9,11-15,17-18,20-24,26,28-29,31,33-36,38-39,41-45,47-48,50-57H2,1-3H3,(H,63,66)/b10-7-,19-16-,27-25-,32-30-,40-37-,49-46-. The van der Waals surface area contributed by atoms with E-state index in [0.29, 0.717) is 19.3 Å². The number of rotatable bonds is 52. The van der Waals surface area contributed by atoms with Gasteiger partial charge in [-0.1, -0.05) is 280 Å². The van der Waals surface area contributed by atoms with E-state index in [2.05, 4.69) is 92.9 Å². The SMILES string of the molecule is CC/C=C\C/C=C\C/C=C\C/C=C\C/C=C\C/C=C\CCC(=O)OC(CCCCCCCCCCCCCCCCCCC)CC(=O)NC(CO)C(O)CCCCCCCCCCCCCCC. The lowest BCUT2D eigenvalue weighted by Crippen LogP contribution is -2.46. The Morgan fingerprint density at radius 2 is 0.765 bits per heavy atom. The Bertz CT molecular complexity index is 1250. The largest absolute Gasteiger partial charge is 0.462 e. The van der Waals surface area contributed by atoms with E-state index in [1.54, 1.807) is 0 Å². The topological polar surface area (TPSA) is 95.9 Å². The number of ether oxygens (including phenoxy) is 1. The maximum atomic E-state index is 13.3. The molecule has 6 nitrogen and oxygen atoms in total. The zero-order chi connectivity index (χ0) is 49.5. The highest BCUT2D eigenvalue weighted by molar-refractivity contribution is 5.77. The van der Waals surface area contributed by atoms with Gasteiger partial charge in [-0.3, -0.25) is 9.59 Å². The molecule has 6 heteroatoms. The van der Waals surface area contributed by atoms with Crippen molar-refractivity contribution in [2.45, 2.75) is 302 Å². The van der Waals surface area contributed by atoms with Crippen molar-refractivity contribution >= 4 is 11.9 Å². The summed E-state index contributed by atoms with van der Waals surface area (Å²) < 4.78 is 5.93. The summed E-state index contributed by atoms with van der Waals surface area (Å²) in [4.78, 5) is 26.3. The highest BCUT2D eigenvalue weighted by Gasteiger charge is 2.24. The molecular formula is C62H111NO5. The predicted octanol–water partition coefficient (Wildman–Crippen LogP) is 18.1. The molecular weight excluding hydrogens is 839 g/mol. The average Bonchev–Trinajstić information content (AvgIpc) is 3.33. The van der Waals surface area contributed by atoms with Gasteiger partial charge >= 0.3 is 5.97 Å². The minimum absolute atomic E-state index is 0.0481. The van der Waals surface area contributed by atoms with Crippen LogP contribution in [0.15, 0.2) is 72.9 Å². The first-order valence-electron chi connectivity index (χ1n) is 29.2. The summed E-state index contributed by atoms with van der Waals surface area (Å²) in [5.74, 6) is -0.564. The van der Waals surface area contributed by atoms with Crippen LogP contribution in [-0.2, 0) is 14.3 Å². The van der Waals surface area contributed by atoms with Crippen LogP contribution in [0.3, 0.4) is 0 Å². The Morgan fingerprint density at radius 3 is 1.12 bits per heavy atom. The minimum atomic E-state index is -0.802. The second kappa shape index (κ2) is 55.2. The van der Waals surface area contributed by atoms with Crippen LogP contribution in [0, 0.1) is 0 Å². The molecule has 0 rings (SSSR count). The first kappa shape index (κ1) is 65.3. The quantitative estimate of drug-likeness (QED) is 0.0321. The number of unbranched alkanes of at least 4 members (excludes halogenated alkanes) is 28. The second-order valence-corrected chi connectivity index (χ2v) is 19.7. The van der Waals surface area contributed by atoms with Crippen molar-refractivity contribution in [3.8, 4) is 0 Å². The molecule has 3 atom stereocenters. The fourth-order valence-corrected chi connectivity index (χ4v) is 8.69. The Balaban J connectivity index is 4.67. The maximum Gasteiger partial charge on any atom is 0.306 e. The molecule has 0 heterocycles. The molecule has 0 fully saturated rings. The molecule has 0 aromatic rings. The van der Waals surface area contributed by atoms with Gasteiger partial charge in [0.2, 0.25) is 5.91 Å². The molecule has 0 aromatic carbocycles. The summed E-state index contributed by atoms with van der Waals surface area (Å²) in [6.07, 6.45) is 71.2. The molecule has 3 N–H and O–H groups in total. The summed E-state index contributed by atoms with van der Waals surface area (Å²) in [6.45, 7) is 6.38. The third kappa shape index (κ3) is 49.7. The lowest BCUT2D eigenvalue weighted by atomic mass is 10.0. The Kier molecular flexibility index (Phi) is 53.0. The number of nitrogens with one attached hydrogen (secondary N) is 1. The van der Waals surface area contributed by atoms with Crippen molar-refractivity contribution in [1.82, 2.24) is 5.32 Å². The van der Waals surface area contributed by atoms with Crippen LogP contribution in [-0.4, -0.2) is 46.9 Å². The van der Waals surface area contributed by atoms with Crippen LogP contribution in [0.5, 0.6) is 0 Å². The molecule has 0 aliphatic carbocycles. The molecule has 0 aliphatic heterocycles. The Labute approximate surface area is 421 Å². The van der Waals surface area contributed by atoms with Crippen molar-refractivity contribution in [3.63, 3.8) is 0 Å². The van der Waals surface area contributed by atoms with E-state index >= 15 is 0 Å². The van der Waals surface area contributed by atoms with Crippen LogP contribution in [0.1, 0.15) is 284 Å². The van der Waals surface area contributed by atoms with E-state index in [1.807, 2.05) is 6.08 Å². The lowest BCUT2D eigenvalue weighted by molar-refractivity contribution is -0.150. The second-order valence-electron chi connectivity index (χ2n) is 19.7. The molecule has 0 saturated carbocycles. The summed E-state index contributed by atoms with van der Waals surface area (Å²) in [5.41, 5.74) is 0. The van der Waals surface area contributed by atoms with E-state index < -0.39 is 18.2 Å². The number of carbonyl (C=O) groups is 2. The fourth-order valence-electron chi connectivity index (χ4n) is 8.69. The van der Waals surface area contributed by atoms with Gasteiger partial charge < -0.3 is 20.3 Å².